The zero-order chi connectivity index (χ0) is 27.8. The van der Waals surface area contributed by atoms with Crippen molar-refractivity contribution in [1.82, 2.24) is 0 Å². The summed E-state index contributed by atoms with van der Waals surface area (Å²) in [5.41, 5.74) is 8.04. The molecule has 4 heteroatoms. The summed E-state index contributed by atoms with van der Waals surface area (Å²) in [4.78, 5) is 11.5. The maximum absolute atomic E-state index is 11.5. The van der Waals surface area contributed by atoms with Gasteiger partial charge >= 0.3 is 5.97 Å². The topological polar surface area (TPSA) is 46.5 Å². The van der Waals surface area contributed by atoms with Crippen LogP contribution < -0.4 is 0 Å². The van der Waals surface area contributed by atoms with Crippen LogP contribution in [0.25, 0.3) is 12.2 Å². The number of hydrogen-bond donors (Lipinski definition) is 1. The van der Waals surface area contributed by atoms with Gasteiger partial charge in [0.15, 0.2) is 0 Å². The lowest BCUT2D eigenvalue weighted by molar-refractivity contribution is 0.0696. The smallest absolute Gasteiger partial charge is 0.335 e. The fourth-order valence-corrected chi connectivity index (χ4v) is 6.23. The van der Waals surface area contributed by atoms with Gasteiger partial charge in [-0.15, -0.1) is 0 Å². The third kappa shape index (κ3) is 7.23. The molecule has 0 aromatic heterocycles. The summed E-state index contributed by atoms with van der Waals surface area (Å²) in [7, 11) is -0.900. The van der Waals surface area contributed by atoms with Crippen LogP contribution in [0.3, 0.4) is 0 Å². The first-order valence-corrected chi connectivity index (χ1v) is 16.1. The monoisotopic (exact) mass is 519 g/mol. The van der Waals surface area contributed by atoms with Gasteiger partial charge < -0.3 is 9.53 Å². The first-order chi connectivity index (χ1) is 17.0. The van der Waals surface area contributed by atoms with E-state index in [4.69, 9.17) is 4.43 Å². The Morgan fingerprint density at radius 3 is 2.14 bits per heavy atom. The van der Waals surface area contributed by atoms with Crippen LogP contribution >= 0.6 is 0 Å². The molecular formula is C33H47O3Si. The highest BCUT2D eigenvalue weighted by Crippen LogP contribution is 2.48. The van der Waals surface area contributed by atoms with Crippen molar-refractivity contribution >= 4 is 27.2 Å². The van der Waals surface area contributed by atoms with E-state index in [2.05, 4.69) is 85.8 Å². The van der Waals surface area contributed by atoms with Gasteiger partial charge in [0, 0.05) is 0 Å². The summed E-state index contributed by atoms with van der Waals surface area (Å²) in [5, 5.41) is 9.42. The standard InChI is InChI=1S/C33H47O3Si/c1-22-19-23(12-14-25(22)30(34)35)11-13-24-20-27-28(33(7,8)18-17-32(27,5)6)21-26(24)29(36-37(9)10)15-16-31(2,3)4/h11-14,19-21,29H,15-18H2,1-10H3,(H,34,35)/b13-11+. The van der Waals surface area contributed by atoms with Crippen LogP contribution in [0.4, 0.5) is 0 Å². The van der Waals surface area contributed by atoms with Crippen LogP contribution in [0.15, 0.2) is 30.3 Å². The van der Waals surface area contributed by atoms with Crippen molar-refractivity contribution in [1.29, 1.82) is 0 Å². The zero-order valence-corrected chi connectivity index (χ0v) is 25.7. The quantitative estimate of drug-likeness (QED) is 0.279. The van der Waals surface area contributed by atoms with Gasteiger partial charge in [-0.25, -0.2) is 4.79 Å². The minimum atomic E-state index is -0.900. The van der Waals surface area contributed by atoms with Crippen molar-refractivity contribution in [3.05, 3.63) is 69.3 Å². The van der Waals surface area contributed by atoms with E-state index in [-0.39, 0.29) is 22.3 Å². The summed E-state index contributed by atoms with van der Waals surface area (Å²) in [6.07, 6.45) is 8.84. The van der Waals surface area contributed by atoms with Crippen LogP contribution in [-0.4, -0.2) is 20.1 Å². The van der Waals surface area contributed by atoms with Gasteiger partial charge in [0.05, 0.1) is 11.7 Å². The van der Waals surface area contributed by atoms with Gasteiger partial charge in [0.25, 0.3) is 0 Å². The van der Waals surface area contributed by atoms with Crippen molar-refractivity contribution in [3.8, 4) is 0 Å². The molecule has 3 rings (SSSR count). The Balaban J connectivity index is 2.17. The van der Waals surface area contributed by atoms with E-state index in [0.717, 1.165) is 24.0 Å². The van der Waals surface area contributed by atoms with Crippen LogP contribution in [0.2, 0.25) is 13.1 Å². The molecule has 0 saturated carbocycles. The number of aromatic carboxylic acids is 1. The molecule has 3 nitrogen and oxygen atoms in total. The number of benzene rings is 2. The number of fused-ring (bicyclic) bond motifs is 1. The molecule has 1 unspecified atom stereocenters. The Kier molecular flexibility index (Phi) is 8.66. The summed E-state index contributed by atoms with van der Waals surface area (Å²) in [6, 6.07) is 10.4. The van der Waals surface area contributed by atoms with Gasteiger partial charge in [-0.1, -0.05) is 84.9 Å². The van der Waals surface area contributed by atoms with Gasteiger partial charge in [0.1, 0.15) is 0 Å². The number of aryl methyl sites for hydroxylation is 1. The lowest BCUT2D eigenvalue weighted by Crippen LogP contribution is -2.34. The molecule has 1 aliphatic rings. The third-order valence-corrected chi connectivity index (χ3v) is 8.63. The summed E-state index contributed by atoms with van der Waals surface area (Å²) in [5.74, 6) is -0.884. The van der Waals surface area contributed by atoms with Crippen molar-refractivity contribution in [2.75, 3.05) is 0 Å². The highest BCUT2D eigenvalue weighted by molar-refractivity contribution is 6.48. The number of hydrogen-bond acceptors (Lipinski definition) is 2. The Morgan fingerprint density at radius 1 is 1.03 bits per heavy atom. The number of carboxylic acids is 1. The molecule has 1 N–H and O–H groups in total. The molecule has 0 fully saturated rings. The molecule has 37 heavy (non-hydrogen) atoms. The highest BCUT2D eigenvalue weighted by Gasteiger charge is 2.38. The Hall–Kier alpha value is -2.17. The molecule has 0 spiro atoms. The van der Waals surface area contributed by atoms with E-state index < -0.39 is 15.0 Å². The fraction of sp³-hybridized carbons (Fsp3) is 0.545. The van der Waals surface area contributed by atoms with Crippen molar-refractivity contribution in [3.63, 3.8) is 0 Å². The van der Waals surface area contributed by atoms with E-state index in [0.29, 0.717) is 5.56 Å². The predicted molar refractivity (Wildman–Crippen MR) is 159 cm³/mol. The first kappa shape index (κ1) is 29.4. The van der Waals surface area contributed by atoms with Crippen molar-refractivity contribution < 1.29 is 14.3 Å². The largest absolute Gasteiger partial charge is 0.478 e. The summed E-state index contributed by atoms with van der Waals surface area (Å²) in [6.45, 7) is 22.7. The molecule has 2 aromatic rings. The number of rotatable bonds is 8. The molecule has 0 bridgehead atoms. The maximum Gasteiger partial charge on any atom is 0.335 e. The molecule has 0 heterocycles. The number of carbonyl (C=O) groups is 1. The van der Waals surface area contributed by atoms with Crippen molar-refractivity contribution in [2.45, 2.75) is 111 Å². The average molecular weight is 520 g/mol. The van der Waals surface area contributed by atoms with E-state index in [1.54, 1.807) is 6.07 Å². The molecule has 0 saturated heterocycles. The second-order valence-corrected chi connectivity index (χ2v) is 15.7. The average Bonchev–Trinajstić information content (AvgIpc) is 2.77. The molecular weight excluding hydrogens is 472 g/mol. The van der Waals surface area contributed by atoms with Crippen LogP contribution in [-0.2, 0) is 15.3 Å². The van der Waals surface area contributed by atoms with Gasteiger partial charge in [-0.3, -0.25) is 0 Å². The van der Waals surface area contributed by atoms with Crippen LogP contribution in [0.1, 0.15) is 124 Å². The first-order valence-electron chi connectivity index (χ1n) is 13.7. The molecule has 201 valence electrons. The molecule has 1 radical (unpaired) electrons. The van der Waals surface area contributed by atoms with Gasteiger partial charge in [-0.2, -0.15) is 0 Å². The maximum atomic E-state index is 11.5. The molecule has 2 aromatic carbocycles. The Labute approximate surface area is 227 Å². The van der Waals surface area contributed by atoms with E-state index >= 15 is 0 Å². The van der Waals surface area contributed by atoms with E-state index in [1.165, 1.54) is 35.1 Å². The predicted octanol–water partition coefficient (Wildman–Crippen LogP) is 9.35. The van der Waals surface area contributed by atoms with Crippen molar-refractivity contribution in [2.24, 2.45) is 5.41 Å². The summed E-state index contributed by atoms with van der Waals surface area (Å²) < 4.78 is 6.70. The SMILES string of the molecule is Cc1cc(/C=C/c2cc3c(cc2C(CCC(C)(C)C)O[Si](C)C)C(C)(C)CCC3(C)C)ccc1C(=O)O. The molecule has 0 aliphatic heterocycles. The van der Waals surface area contributed by atoms with Gasteiger partial charge in [-0.05, 0) is 101 Å². The normalized spacial score (nSPS) is 17.7. The fourth-order valence-electron chi connectivity index (χ4n) is 5.41. The highest BCUT2D eigenvalue weighted by atomic mass is 28.3. The van der Waals surface area contributed by atoms with Gasteiger partial charge in [0.2, 0.25) is 9.04 Å². The lowest BCUT2D eigenvalue weighted by Gasteiger charge is -2.43. The molecule has 1 atom stereocenters. The molecule has 1 aliphatic carbocycles. The third-order valence-electron chi connectivity index (χ3n) is 7.87. The van der Waals surface area contributed by atoms with Crippen LogP contribution in [0, 0.1) is 12.3 Å². The Bertz CT molecular complexity index is 1160. The zero-order valence-electron chi connectivity index (χ0n) is 24.7. The second kappa shape index (κ2) is 10.9. The minimum absolute atomic E-state index is 0.0602. The summed E-state index contributed by atoms with van der Waals surface area (Å²) >= 11 is 0. The lowest BCUT2D eigenvalue weighted by atomic mass is 9.62. The number of carboxylic acid groups (broad SMARTS) is 1. The minimum Gasteiger partial charge on any atom is -0.478 e. The molecule has 0 amide bonds. The van der Waals surface area contributed by atoms with E-state index in [9.17, 15) is 9.90 Å². The Morgan fingerprint density at radius 2 is 1.62 bits per heavy atom. The van der Waals surface area contributed by atoms with Crippen LogP contribution in [0.5, 0.6) is 0 Å². The van der Waals surface area contributed by atoms with E-state index in [1.807, 2.05) is 19.1 Å². The second-order valence-electron chi connectivity index (χ2n) is 13.6.